The summed E-state index contributed by atoms with van der Waals surface area (Å²) in [7, 11) is 0. The molecule has 0 bridgehead atoms. The zero-order valence-corrected chi connectivity index (χ0v) is 42.2. The molecule has 0 aromatic carbocycles. The number of rotatable bonds is 10. The monoisotopic (exact) mass is 945 g/mol. The second-order valence-electron chi connectivity index (χ2n) is 26.2. The normalized spacial score (nSPS) is 46.6. The summed E-state index contributed by atoms with van der Waals surface area (Å²) < 4.78 is 0. The van der Waals surface area contributed by atoms with Gasteiger partial charge < -0.3 is 56.2 Å². The lowest BCUT2D eigenvalue weighted by Gasteiger charge is -2.60. The Morgan fingerprint density at radius 2 is 1.00 bits per heavy atom. The third-order valence-electron chi connectivity index (χ3n) is 20.9. The van der Waals surface area contributed by atoms with Crippen molar-refractivity contribution in [2.75, 3.05) is 0 Å². The molecule has 0 aliphatic heterocycles. The van der Waals surface area contributed by atoms with Gasteiger partial charge in [-0.15, -0.1) is 0 Å². The highest BCUT2D eigenvalue weighted by Crippen LogP contribution is 2.70. The largest absolute Gasteiger partial charge is 0.390 e. The van der Waals surface area contributed by atoms with E-state index in [0.717, 1.165) is 25.7 Å². The average molecular weight is 945 g/mol. The minimum Gasteiger partial charge on any atom is -0.390 e. The highest BCUT2D eigenvalue weighted by molar-refractivity contribution is 5.95. The lowest BCUT2D eigenvalue weighted by Crippen LogP contribution is -2.62. The van der Waals surface area contributed by atoms with Gasteiger partial charge in [-0.05, 0) is 208 Å². The molecule has 8 rings (SSSR count). The van der Waals surface area contributed by atoms with Gasteiger partial charge in [-0.2, -0.15) is 0 Å². The van der Waals surface area contributed by atoms with Crippen molar-refractivity contribution < 1.29 is 65.8 Å². The lowest BCUT2D eigenvalue weighted by atomic mass is 9.45. The minimum atomic E-state index is -1.46. The summed E-state index contributed by atoms with van der Waals surface area (Å²) in [5.74, 6) is -0.869. The number of hydrogen-bond donors (Lipinski definition) is 11. The van der Waals surface area contributed by atoms with Crippen molar-refractivity contribution in [3.8, 4) is 0 Å². The van der Waals surface area contributed by atoms with Crippen LogP contribution < -0.4 is 0 Å². The summed E-state index contributed by atoms with van der Waals surface area (Å²) in [5, 5.41) is 119. The van der Waals surface area contributed by atoms with Gasteiger partial charge in [0.1, 0.15) is 0 Å². The first-order valence-electron chi connectivity index (χ1n) is 25.8. The highest BCUT2D eigenvalue weighted by atomic mass is 16.4. The van der Waals surface area contributed by atoms with Gasteiger partial charge in [-0.3, -0.25) is 9.59 Å². The van der Waals surface area contributed by atoms with Crippen LogP contribution in [-0.2, 0) is 9.59 Å². The molecule has 0 aromatic heterocycles. The highest BCUT2D eigenvalue weighted by Gasteiger charge is 2.69. The molecule has 0 aromatic rings. The predicted molar refractivity (Wildman–Crippen MR) is 252 cm³/mol. The maximum absolute atomic E-state index is 13.2. The van der Waals surface area contributed by atoms with Gasteiger partial charge in [-0.1, -0.05) is 33.3 Å². The van der Waals surface area contributed by atoms with Gasteiger partial charge in [-0.25, -0.2) is 0 Å². The van der Waals surface area contributed by atoms with Crippen molar-refractivity contribution in [2.24, 2.45) is 63.1 Å². The molecule has 6 fully saturated rings. The van der Waals surface area contributed by atoms with Crippen molar-refractivity contribution in [1.82, 2.24) is 0 Å². The summed E-state index contributed by atoms with van der Waals surface area (Å²) in [4.78, 5) is 26.5. The second kappa shape index (κ2) is 17.6. The molecule has 8 aliphatic carbocycles. The zero-order chi connectivity index (χ0) is 50.0. The molecule has 11 N–H and O–H groups in total. The third kappa shape index (κ3) is 8.84. The predicted octanol–water partition coefficient (Wildman–Crippen LogP) is 4.59. The number of fused-ring (bicyclic) bond motifs is 10. The first kappa shape index (κ1) is 53.2. The first-order valence-corrected chi connectivity index (χ1v) is 25.8. The Labute approximate surface area is 399 Å². The Morgan fingerprint density at radius 3 is 1.51 bits per heavy atom. The number of hydrogen-bond acceptors (Lipinski definition) is 13. The molecule has 20 atom stereocenters. The van der Waals surface area contributed by atoms with E-state index in [0.29, 0.717) is 69.8 Å². The molecule has 3 unspecified atom stereocenters. The van der Waals surface area contributed by atoms with E-state index < -0.39 is 75.5 Å². The van der Waals surface area contributed by atoms with Gasteiger partial charge >= 0.3 is 0 Å². The number of aliphatic hydroxyl groups is 11. The number of carbonyl (C=O) groups excluding carboxylic acids is 2. The summed E-state index contributed by atoms with van der Waals surface area (Å²) in [5.41, 5.74) is -5.85. The molecule has 13 nitrogen and oxygen atoms in total. The molecule has 0 amide bonds. The molecule has 6 saturated carbocycles. The molecule has 382 valence electrons. The Morgan fingerprint density at radius 1 is 0.552 bits per heavy atom. The van der Waals surface area contributed by atoms with Crippen LogP contribution in [0.4, 0.5) is 0 Å². The Balaban J connectivity index is 0.000000199. The second-order valence-corrected chi connectivity index (χ2v) is 26.2. The molecule has 67 heavy (non-hydrogen) atoms. The molecular formula is C54H88O13. The van der Waals surface area contributed by atoms with Crippen LogP contribution in [0.15, 0.2) is 23.3 Å². The minimum absolute atomic E-state index is 0.0689. The van der Waals surface area contributed by atoms with E-state index in [1.807, 2.05) is 19.9 Å². The molecule has 13 heteroatoms. The lowest BCUT2D eigenvalue weighted by molar-refractivity contribution is -0.177. The fourth-order valence-electron chi connectivity index (χ4n) is 16.7. The number of allylic oxidation sites excluding steroid dienone is 3. The number of aliphatic hydroxyl groups excluding tert-OH is 6. The molecule has 8 aliphatic rings. The fourth-order valence-corrected chi connectivity index (χ4v) is 16.7. The first-order chi connectivity index (χ1) is 30.6. The van der Waals surface area contributed by atoms with Crippen LogP contribution in [0.3, 0.4) is 0 Å². The van der Waals surface area contributed by atoms with E-state index in [1.165, 1.54) is 5.57 Å². The van der Waals surface area contributed by atoms with E-state index in [9.17, 15) is 65.8 Å². The van der Waals surface area contributed by atoms with Gasteiger partial charge in [0.2, 0.25) is 0 Å². The van der Waals surface area contributed by atoms with E-state index in [-0.39, 0.29) is 76.7 Å². The van der Waals surface area contributed by atoms with Crippen molar-refractivity contribution in [2.45, 2.75) is 237 Å². The molecule has 0 radical (unpaired) electrons. The van der Waals surface area contributed by atoms with Crippen molar-refractivity contribution in [1.29, 1.82) is 0 Å². The van der Waals surface area contributed by atoms with E-state index >= 15 is 0 Å². The van der Waals surface area contributed by atoms with E-state index in [1.54, 1.807) is 47.6 Å². The maximum atomic E-state index is 13.2. The van der Waals surface area contributed by atoms with E-state index in [4.69, 9.17) is 0 Å². The van der Waals surface area contributed by atoms with Crippen molar-refractivity contribution >= 4 is 11.6 Å². The van der Waals surface area contributed by atoms with Crippen LogP contribution in [0.25, 0.3) is 0 Å². The van der Waals surface area contributed by atoms with Crippen molar-refractivity contribution in [3.63, 3.8) is 0 Å². The third-order valence-corrected chi connectivity index (χ3v) is 20.9. The average Bonchev–Trinajstić information content (AvgIpc) is 3.72. The van der Waals surface area contributed by atoms with Gasteiger partial charge in [0.25, 0.3) is 0 Å². The summed E-state index contributed by atoms with van der Waals surface area (Å²) in [6.45, 7) is 18.5. The zero-order valence-electron chi connectivity index (χ0n) is 42.2. The van der Waals surface area contributed by atoms with Crippen LogP contribution in [0.5, 0.6) is 0 Å². The summed E-state index contributed by atoms with van der Waals surface area (Å²) >= 11 is 0. The van der Waals surface area contributed by atoms with Crippen molar-refractivity contribution in [3.05, 3.63) is 23.3 Å². The van der Waals surface area contributed by atoms with Gasteiger partial charge in [0.15, 0.2) is 11.6 Å². The number of carbonyl (C=O) groups is 2. The summed E-state index contributed by atoms with van der Waals surface area (Å²) in [6, 6.07) is 0. The number of ketones is 2. The molecule has 0 saturated heterocycles. The smallest absolute Gasteiger partial charge is 0.159 e. The fraction of sp³-hybridized carbons (Fsp3) is 0.889. The standard InChI is InChI=1S/C27H44O7.C27H44O6/c1-23(2,32)9-8-22(31)26(5,33)21-7-11-27(34)16-12-18(28)17-13-19(29)20(30)14-24(17,3)15(16)6-10-25(21,27)4;1-24(2,32)10-9-23(31)27(5,33)22-7-6-16-15-12-19(28)18-13-20(29)21(30)14-26(18,4)17(15)8-11-25(16,22)3/h12,15,17,19-22,29-34H,6-11,13-14H2,1-5H3;12,16-18,20-23,29-33H,6-11,13-14H2,1-5H3/t15?,17-,19+,20-,21-,22+,24+,25+,26+,27+;16?,17?,18-,20+,21-,22-,23+,25-,26+,27+/m00/s1. The Bertz CT molecular complexity index is 1950. The van der Waals surface area contributed by atoms with Gasteiger partial charge in [0, 0.05) is 17.3 Å². The maximum Gasteiger partial charge on any atom is 0.159 e. The topological polar surface area (TPSA) is 257 Å². The van der Waals surface area contributed by atoms with Crippen LogP contribution in [0, 0.1) is 63.1 Å². The van der Waals surface area contributed by atoms with E-state index in [2.05, 4.69) is 13.8 Å². The quantitative estimate of drug-likeness (QED) is 0.144. The van der Waals surface area contributed by atoms with Crippen LogP contribution >= 0.6 is 0 Å². The van der Waals surface area contributed by atoms with Crippen LogP contribution in [-0.4, -0.2) is 132 Å². The van der Waals surface area contributed by atoms with Crippen LogP contribution in [0.2, 0.25) is 0 Å². The van der Waals surface area contributed by atoms with Gasteiger partial charge in [0.05, 0.1) is 64.6 Å². The Kier molecular flexibility index (Phi) is 13.9. The molecule has 0 spiro atoms. The molecular weight excluding hydrogens is 857 g/mol. The summed E-state index contributed by atoms with van der Waals surface area (Å²) in [6.07, 6.45) is 6.32. The SMILES string of the molecule is CC(C)(O)CC[C@@H](O)[C@](C)(O)[C@H]1CCC2C3=CC(=O)[C@@H]4C[C@@H](O)[C@@H](O)C[C@]4(C)C3CC[C@@]21C.CC(C)(O)CC[C@@H](O)[C@](C)(O)[C@H]1CC[C@@]2(O)C3=CC(=O)[C@@H]4C[C@@H](O)[C@@H](O)C[C@]4(C)C3CC[C@]12C. The molecule has 0 heterocycles. The Hall–Kier alpha value is -1.62. The van der Waals surface area contributed by atoms with Crippen LogP contribution in [0.1, 0.15) is 172 Å².